The van der Waals surface area contributed by atoms with Crippen LogP contribution in [0.4, 0.5) is 0 Å². The van der Waals surface area contributed by atoms with E-state index in [4.69, 9.17) is 10.5 Å². The van der Waals surface area contributed by atoms with Crippen molar-refractivity contribution >= 4 is 0 Å². The number of morpholine rings is 1. The second kappa shape index (κ2) is 5.63. The fourth-order valence-electron chi connectivity index (χ4n) is 2.27. The maximum Gasteiger partial charge on any atom is 0.0894 e. The predicted molar refractivity (Wildman–Crippen MR) is 69.8 cm³/mol. The number of benzene rings is 1. The van der Waals surface area contributed by atoms with E-state index in [2.05, 4.69) is 30.9 Å². The lowest BCUT2D eigenvalue weighted by Gasteiger charge is -2.38. The van der Waals surface area contributed by atoms with Crippen molar-refractivity contribution in [2.75, 3.05) is 19.7 Å². The first-order chi connectivity index (χ1) is 8.18. The minimum Gasteiger partial charge on any atom is -0.374 e. The highest BCUT2D eigenvalue weighted by Crippen LogP contribution is 2.20. The third kappa shape index (κ3) is 3.06. The Morgan fingerprint density at radius 3 is 2.65 bits per heavy atom. The van der Waals surface area contributed by atoms with Gasteiger partial charge in [-0.2, -0.15) is 0 Å². The van der Waals surface area contributed by atoms with Crippen molar-refractivity contribution in [3.05, 3.63) is 35.9 Å². The Morgan fingerprint density at radius 1 is 1.29 bits per heavy atom. The molecule has 2 atom stereocenters. The van der Waals surface area contributed by atoms with Crippen LogP contribution in [0.5, 0.6) is 0 Å². The first kappa shape index (κ1) is 12.6. The summed E-state index contributed by atoms with van der Waals surface area (Å²) in [6, 6.07) is 10.7. The molecule has 2 N–H and O–H groups in total. The van der Waals surface area contributed by atoms with E-state index in [0.717, 1.165) is 25.3 Å². The summed E-state index contributed by atoms with van der Waals surface area (Å²) >= 11 is 0. The van der Waals surface area contributed by atoms with Crippen LogP contribution < -0.4 is 5.73 Å². The van der Waals surface area contributed by atoms with E-state index in [-0.39, 0.29) is 12.1 Å². The molecule has 1 heterocycles. The highest BCUT2D eigenvalue weighted by molar-refractivity contribution is 5.19. The molecule has 0 aromatic heterocycles. The van der Waals surface area contributed by atoms with E-state index < -0.39 is 0 Å². The van der Waals surface area contributed by atoms with Gasteiger partial charge in [0.05, 0.1) is 18.8 Å². The van der Waals surface area contributed by atoms with Crippen LogP contribution in [0.1, 0.15) is 25.5 Å². The Kier molecular flexibility index (Phi) is 4.15. The lowest BCUT2D eigenvalue weighted by molar-refractivity contribution is -0.0502. The zero-order valence-corrected chi connectivity index (χ0v) is 10.7. The monoisotopic (exact) mass is 234 g/mol. The molecule has 3 nitrogen and oxygen atoms in total. The van der Waals surface area contributed by atoms with Gasteiger partial charge in [-0.25, -0.2) is 0 Å². The Balaban J connectivity index is 2.02. The van der Waals surface area contributed by atoms with E-state index in [1.54, 1.807) is 0 Å². The van der Waals surface area contributed by atoms with Gasteiger partial charge in [0.15, 0.2) is 0 Å². The summed E-state index contributed by atoms with van der Waals surface area (Å²) in [7, 11) is 0. The van der Waals surface area contributed by atoms with Crippen molar-refractivity contribution in [2.45, 2.75) is 32.0 Å². The molecule has 1 fully saturated rings. The van der Waals surface area contributed by atoms with Crippen LogP contribution in [0.3, 0.4) is 0 Å². The van der Waals surface area contributed by atoms with Crippen LogP contribution in [0.15, 0.2) is 30.3 Å². The summed E-state index contributed by atoms with van der Waals surface area (Å²) < 4.78 is 5.81. The van der Waals surface area contributed by atoms with Gasteiger partial charge in [0.2, 0.25) is 0 Å². The average Bonchev–Trinajstić information content (AvgIpc) is 2.39. The van der Waals surface area contributed by atoms with Crippen molar-refractivity contribution in [3.63, 3.8) is 0 Å². The zero-order valence-electron chi connectivity index (χ0n) is 10.7. The molecule has 0 bridgehead atoms. The van der Waals surface area contributed by atoms with E-state index >= 15 is 0 Å². The van der Waals surface area contributed by atoms with E-state index in [1.165, 1.54) is 0 Å². The third-order valence-corrected chi connectivity index (χ3v) is 3.44. The van der Waals surface area contributed by atoms with E-state index in [0.29, 0.717) is 6.04 Å². The standard InChI is InChI=1S/C14H22N2O/c1-11(2)16-8-9-17-13(10-16)14(15)12-6-4-3-5-7-12/h3-7,11,13-14H,8-10,15H2,1-2H3. The molecule has 2 rings (SSSR count). The van der Waals surface area contributed by atoms with Gasteiger partial charge in [0.25, 0.3) is 0 Å². The van der Waals surface area contributed by atoms with Crippen molar-refractivity contribution < 1.29 is 4.74 Å². The van der Waals surface area contributed by atoms with Gasteiger partial charge in [-0.3, -0.25) is 4.90 Å². The molecular weight excluding hydrogens is 212 g/mol. The quantitative estimate of drug-likeness (QED) is 0.866. The summed E-state index contributed by atoms with van der Waals surface area (Å²) in [6.07, 6.45) is 0.105. The summed E-state index contributed by atoms with van der Waals surface area (Å²) in [6.45, 7) is 7.15. The molecule has 1 aromatic rings. The number of hydrogen-bond acceptors (Lipinski definition) is 3. The van der Waals surface area contributed by atoms with Gasteiger partial charge >= 0.3 is 0 Å². The maximum absolute atomic E-state index is 6.28. The summed E-state index contributed by atoms with van der Waals surface area (Å²) in [4.78, 5) is 2.43. The normalized spacial score (nSPS) is 23.9. The van der Waals surface area contributed by atoms with Crippen molar-refractivity contribution in [1.82, 2.24) is 4.90 Å². The van der Waals surface area contributed by atoms with Gasteiger partial charge in [0, 0.05) is 19.1 Å². The molecule has 0 aliphatic carbocycles. The molecule has 0 radical (unpaired) electrons. The molecule has 1 aliphatic heterocycles. The molecular formula is C14H22N2O. The third-order valence-electron chi connectivity index (χ3n) is 3.44. The summed E-state index contributed by atoms with van der Waals surface area (Å²) in [5, 5.41) is 0. The van der Waals surface area contributed by atoms with Crippen molar-refractivity contribution in [3.8, 4) is 0 Å². The molecule has 2 unspecified atom stereocenters. The first-order valence-electron chi connectivity index (χ1n) is 6.34. The lowest BCUT2D eigenvalue weighted by atomic mass is 10.0. The predicted octanol–water partition coefficient (Wildman–Crippen LogP) is 1.80. The molecule has 17 heavy (non-hydrogen) atoms. The maximum atomic E-state index is 6.28. The second-order valence-electron chi connectivity index (χ2n) is 4.93. The average molecular weight is 234 g/mol. The van der Waals surface area contributed by atoms with Gasteiger partial charge in [-0.1, -0.05) is 30.3 Å². The topological polar surface area (TPSA) is 38.5 Å². The Hall–Kier alpha value is -0.900. The fourth-order valence-corrected chi connectivity index (χ4v) is 2.27. The molecule has 1 saturated heterocycles. The van der Waals surface area contributed by atoms with Crippen LogP contribution in [-0.4, -0.2) is 36.7 Å². The van der Waals surface area contributed by atoms with Crippen molar-refractivity contribution in [2.24, 2.45) is 5.73 Å². The lowest BCUT2D eigenvalue weighted by Crippen LogP contribution is -2.49. The Morgan fingerprint density at radius 2 is 2.00 bits per heavy atom. The number of nitrogens with zero attached hydrogens (tertiary/aromatic N) is 1. The number of rotatable bonds is 3. The molecule has 0 spiro atoms. The molecule has 0 saturated carbocycles. The first-order valence-corrected chi connectivity index (χ1v) is 6.34. The van der Waals surface area contributed by atoms with Crippen LogP contribution >= 0.6 is 0 Å². The van der Waals surface area contributed by atoms with Crippen LogP contribution in [0, 0.1) is 0 Å². The molecule has 0 amide bonds. The van der Waals surface area contributed by atoms with Gasteiger partial charge in [0.1, 0.15) is 0 Å². The smallest absolute Gasteiger partial charge is 0.0894 e. The number of nitrogens with two attached hydrogens (primary N) is 1. The molecule has 1 aliphatic rings. The number of ether oxygens (including phenoxy) is 1. The van der Waals surface area contributed by atoms with E-state index in [9.17, 15) is 0 Å². The molecule has 3 heteroatoms. The molecule has 1 aromatic carbocycles. The van der Waals surface area contributed by atoms with Crippen LogP contribution in [0.25, 0.3) is 0 Å². The highest BCUT2D eigenvalue weighted by atomic mass is 16.5. The Labute approximate surface area is 104 Å². The van der Waals surface area contributed by atoms with Crippen molar-refractivity contribution in [1.29, 1.82) is 0 Å². The van der Waals surface area contributed by atoms with Crippen LogP contribution in [0.2, 0.25) is 0 Å². The minimum atomic E-state index is -0.0299. The SMILES string of the molecule is CC(C)N1CCOC(C(N)c2ccccc2)C1. The largest absolute Gasteiger partial charge is 0.374 e. The zero-order chi connectivity index (χ0) is 12.3. The Bertz CT molecular complexity index is 339. The van der Waals surface area contributed by atoms with Gasteiger partial charge < -0.3 is 10.5 Å². The fraction of sp³-hybridized carbons (Fsp3) is 0.571. The highest BCUT2D eigenvalue weighted by Gasteiger charge is 2.27. The minimum absolute atomic E-state index is 0.0299. The van der Waals surface area contributed by atoms with Gasteiger partial charge in [-0.05, 0) is 19.4 Å². The second-order valence-corrected chi connectivity index (χ2v) is 4.93. The summed E-state index contributed by atoms with van der Waals surface area (Å²) in [5.74, 6) is 0. The molecule has 94 valence electrons. The van der Waals surface area contributed by atoms with Crippen LogP contribution in [-0.2, 0) is 4.74 Å². The van der Waals surface area contributed by atoms with E-state index in [1.807, 2.05) is 18.2 Å². The summed E-state index contributed by atoms with van der Waals surface area (Å²) in [5.41, 5.74) is 7.44. The number of hydrogen-bond donors (Lipinski definition) is 1. The van der Waals surface area contributed by atoms with Gasteiger partial charge in [-0.15, -0.1) is 0 Å².